The monoisotopic (exact) mass is 281 g/mol. The number of nitrogens with one attached hydrogen (secondary N) is 1. The Morgan fingerprint density at radius 1 is 1.10 bits per heavy atom. The fraction of sp³-hybridized carbons (Fsp3) is 0.0769. The molecule has 0 fully saturated rings. The predicted octanol–water partition coefficient (Wildman–Crippen LogP) is 3.78. The van der Waals surface area contributed by atoms with E-state index in [1.165, 1.54) is 18.5 Å². The maximum absolute atomic E-state index is 14.0. The predicted molar refractivity (Wildman–Crippen MR) is 64.3 cm³/mol. The number of H-pyrrole nitrogens is 1. The summed E-state index contributed by atoms with van der Waals surface area (Å²) in [7, 11) is 0. The van der Waals surface area contributed by atoms with Gasteiger partial charge in [0.05, 0.1) is 28.4 Å². The average molecular weight is 281 g/mol. The number of aromatic amines is 1. The first-order chi connectivity index (χ1) is 9.47. The van der Waals surface area contributed by atoms with E-state index in [0.29, 0.717) is 17.1 Å². The van der Waals surface area contributed by atoms with E-state index in [1.54, 1.807) is 6.07 Å². The van der Waals surface area contributed by atoms with Crippen molar-refractivity contribution in [3.8, 4) is 11.4 Å². The van der Waals surface area contributed by atoms with Crippen molar-refractivity contribution in [3.63, 3.8) is 0 Å². The van der Waals surface area contributed by atoms with Crippen LogP contribution in [0.1, 0.15) is 5.56 Å². The van der Waals surface area contributed by atoms with Crippen LogP contribution < -0.4 is 0 Å². The average Bonchev–Trinajstić information content (AvgIpc) is 2.81. The van der Waals surface area contributed by atoms with Gasteiger partial charge >= 0.3 is 6.18 Å². The standard InChI is InChI=1S/C13H7F4N3/c14-11-7(2-1-3-8(11)13(15,16)17)12-19-9-4-5-18-6-10(9)20-12/h1-6H,(H,19,20). The summed E-state index contributed by atoms with van der Waals surface area (Å²) in [5.41, 5.74) is -0.504. The smallest absolute Gasteiger partial charge is 0.337 e. The van der Waals surface area contributed by atoms with Crippen LogP contribution in [-0.4, -0.2) is 15.0 Å². The van der Waals surface area contributed by atoms with Crippen molar-refractivity contribution < 1.29 is 17.6 Å². The van der Waals surface area contributed by atoms with Crippen molar-refractivity contribution in [1.82, 2.24) is 15.0 Å². The largest absolute Gasteiger partial charge is 0.419 e. The Hall–Kier alpha value is -2.44. The van der Waals surface area contributed by atoms with Gasteiger partial charge in [0.25, 0.3) is 0 Å². The highest BCUT2D eigenvalue weighted by molar-refractivity contribution is 5.78. The number of halogens is 4. The van der Waals surface area contributed by atoms with E-state index in [2.05, 4.69) is 15.0 Å². The second kappa shape index (κ2) is 4.29. The Bertz CT molecular complexity index is 744. The van der Waals surface area contributed by atoms with Gasteiger partial charge in [-0.3, -0.25) is 4.98 Å². The van der Waals surface area contributed by atoms with Crippen LogP contribution >= 0.6 is 0 Å². The molecule has 2 aromatic heterocycles. The molecule has 0 aliphatic rings. The first kappa shape index (κ1) is 12.6. The van der Waals surface area contributed by atoms with Gasteiger partial charge in [-0.15, -0.1) is 0 Å². The molecule has 3 nitrogen and oxygen atoms in total. The van der Waals surface area contributed by atoms with E-state index in [0.717, 1.165) is 6.07 Å². The van der Waals surface area contributed by atoms with Gasteiger partial charge in [0.2, 0.25) is 0 Å². The summed E-state index contributed by atoms with van der Waals surface area (Å²) in [5.74, 6) is -1.30. The lowest BCUT2D eigenvalue weighted by Gasteiger charge is -2.09. The first-order valence-corrected chi connectivity index (χ1v) is 5.62. The molecule has 0 aliphatic carbocycles. The van der Waals surface area contributed by atoms with Crippen molar-refractivity contribution >= 4 is 11.0 Å². The normalized spacial score (nSPS) is 12.0. The van der Waals surface area contributed by atoms with Crippen LogP contribution in [0, 0.1) is 5.82 Å². The summed E-state index contributed by atoms with van der Waals surface area (Å²) in [5, 5.41) is 0. The molecule has 0 amide bonds. The van der Waals surface area contributed by atoms with Crippen LogP contribution in [0.5, 0.6) is 0 Å². The number of aromatic nitrogens is 3. The van der Waals surface area contributed by atoms with E-state index in [-0.39, 0.29) is 11.4 Å². The molecule has 3 rings (SSSR count). The van der Waals surface area contributed by atoms with Crippen molar-refractivity contribution in [3.05, 3.63) is 48.0 Å². The zero-order valence-electron chi connectivity index (χ0n) is 9.87. The minimum Gasteiger partial charge on any atom is -0.337 e. The number of alkyl halides is 3. The SMILES string of the molecule is Fc1c(-c2nc3ccncc3[nH]2)cccc1C(F)(F)F. The van der Waals surface area contributed by atoms with E-state index < -0.39 is 17.6 Å². The topological polar surface area (TPSA) is 41.6 Å². The number of pyridine rings is 1. The van der Waals surface area contributed by atoms with Gasteiger partial charge in [-0.25, -0.2) is 9.37 Å². The summed E-state index contributed by atoms with van der Waals surface area (Å²) in [6, 6.07) is 4.67. The molecule has 0 radical (unpaired) electrons. The van der Waals surface area contributed by atoms with Crippen LogP contribution in [0.3, 0.4) is 0 Å². The Balaban J connectivity index is 2.19. The lowest BCUT2D eigenvalue weighted by molar-refractivity contribution is -0.139. The molecule has 1 aromatic carbocycles. The minimum atomic E-state index is -4.74. The van der Waals surface area contributed by atoms with Gasteiger partial charge < -0.3 is 4.98 Å². The molecule has 0 saturated carbocycles. The Morgan fingerprint density at radius 2 is 1.90 bits per heavy atom. The number of benzene rings is 1. The third-order valence-electron chi connectivity index (χ3n) is 2.84. The van der Waals surface area contributed by atoms with Crippen LogP contribution in [0.2, 0.25) is 0 Å². The maximum atomic E-state index is 14.0. The third-order valence-corrected chi connectivity index (χ3v) is 2.84. The van der Waals surface area contributed by atoms with Gasteiger partial charge in [-0.05, 0) is 18.2 Å². The van der Waals surface area contributed by atoms with Crippen molar-refractivity contribution in [2.75, 3.05) is 0 Å². The van der Waals surface area contributed by atoms with E-state index >= 15 is 0 Å². The molecular weight excluding hydrogens is 274 g/mol. The number of imidazole rings is 1. The van der Waals surface area contributed by atoms with Crippen LogP contribution in [0.25, 0.3) is 22.4 Å². The summed E-state index contributed by atoms with van der Waals surface area (Å²) in [6.07, 6.45) is -1.78. The number of rotatable bonds is 1. The summed E-state index contributed by atoms with van der Waals surface area (Å²) >= 11 is 0. The Labute approximate surface area is 110 Å². The highest BCUT2D eigenvalue weighted by Gasteiger charge is 2.35. The Morgan fingerprint density at radius 3 is 2.60 bits per heavy atom. The highest BCUT2D eigenvalue weighted by atomic mass is 19.4. The highest BCUT2D eigenvalue weighted by Crippen LogP contribution is 2.35. The Kier molecular flexibility index (Phi) is 2.70. The molecule has 1 N–H and O–H groups in total. The van der Waals surface area contributed by atoms with Gasteiger partial charge in [-0.2, -0.15) is 13.2 Å². The molecule has 0 unspecified atom stereocenters. The first-order valence-electron chi connectivity index (χ1n) is 5.62. The maximum Gasteiger partial charge on any atom is 0.419 e. The summed E-state index contributed by atoms with van der Waals surface area (Å²) in [6.45, 7) is 0. The van der Waals surface area contributed by atoms with Crippen LogP contribution in [-0.2, 0) is 6.18 Å². The summed E-state index contributed by atoms with van der Waals surface area (Å²) in [4.78, 5) is 10.7. The fourth-order valence-electron chi connectivity index (χ4n) is 1.92. The molecular formula is C13H7F4N3. The molecule has 0 atom stereocenters. The fourth-order valence-corrected chi connectivity index (χ4v) is 1.92. The van der Waals surface area contributed by atoms with Crippen molar-refractivity contribution in [2.24, 2.45) is 0 Å². The molecule has 2 heterocycles. The van der Waals surface area contributed by atoms with E-state index in [4.69, 9.17) is 0 Å². The molecule has 3 aromatic rings. The number of hydrogen-bond acceptors (Lipinski definition) is 2. The minimum absolute atomic E-state index is 0.0385. The zero-order valence-corrected chi connectivity index (χ0v) is 9.87. The number of hydrogen-bond donors (Lipinski definition) is 1. The summed E-state index contributed by atoms with van der Waals surface area (Å²) < 4.78 is 52.0. The molecule has 0 spiro atoms. The van der Waals surface area contributed by atoms with Gasteiger partial charge in [0, 0.05) is 6.20 Å². The molecule has 0 bridgehead atoms. The van der Waals surface area contributed by atoms with Gasteiger partial charge in [0.1, 0.15) is 11.6 Å². The van der Waals surface area contributed by atoms with Gasteiger partial charge in [-0.1, -0.05) is 6.07 Å². The quantitative estimate of drug-likeness (QED) is 0.690. The molecule has 0 saturated heterocycles. The van der Waals surface area contributed by atoms with Crippen LogP contribution in [0.15, 0.2) is 36.7 Å². The second-order valence-electron chi connectivity index (χ2n) is 4.14. The van der Waals surface area contributed by atoms with E-state index in [9.17, 15) is 17.6 Å². The number of nitrogens with zero attached hydrogens (tertiary/aromatic N) is 2. The lowest BCUT2D eigenvalue weighted by Crippen LogP contribution is -2.08. The second-order valence-corrected chi connectivity index (χ2v) is 4.14. The van der Waals surface area contributed by atoms with Crippen LogP contribution in [0.4, 0.5) is 17.6 Å². The third kappa shape index (κ3) is 2.01. The van der Waals surface area contributed by atoms with Gasteiger partial charge in [0.15, 0.2) is 0 Å². The zero-order chi connectivity index (χ0) is 14.3. The van der Waals surface area contributed by atoms with Crippen molar-refractivity contribution in [2.45, 2.75) is 6.18 Å². The molecule has 20 heavy (non-hydrogen) atoms. The van der Waals surface area contributed by atoms with Crippen molar-refractivity contribution in [1.29, 1.82) is 0 Å². The molecule has 0 aliphatic heterocycles. The molecule has 102 valence electrons. The molecule has 7 heteroatoms. The number of fused-ring (bicyclic) bond motifs is 1. The van der Waals surface area contributed by atoms with E-state index in [1.807, 2.05) is 0 Å². The lowest BCUT2D eigenvalue weighted by atomic mass is 10.1.